The molecule has 0 atom stereocenters. The van der Waals surface area contributed by atoms with Gasteiger partial charge in [0.15, 0.2) is 0 Å². The standard InChI is InChI=1S/C2H7B.C2H6O/c1-3-2;1-2-3/h3H,1-2H3;3H,2H2,1H3. The molecule has 38 valence electrons. The maximum atomic E-state index is 7.57. The lowest BCUT2D eigenvalue weighted by molar-refractivity contribution is 0.318. The van der Waals surface area contributed by atoms with Crippen molar-refractivity contribution in [2.45, 2.75) is 20.6 Å². The largest absolute Gasteiger partial charge is 0.397 e. The lowest BCUT2D eigenvalue weighted by Crippen LogP contribution is -1.57. The second-order valence-electron chi connectivity index (χ2n) is 1.02. The van der Waals surface area contributed by atoms with E-state index >= 15 is 0 Å². The van der Waals surface area contributed by atoms with Gasteiger partial charge in [-0.1, -0.05) is 13.6 Å². The molecule has 0 heterocycles. The van der Waals surface area contributed by atoms with Crippen molar-refractivity contribution >= 4 is 7.28 Å². The maximum absolute atomic E-state index is 7.57. The smallest absolute Gasteiger partial charge is 0.114 e. The third-order valence-electron chi connectivity index (χ3n) is 0. The fraction of sp³-hybridized carbons (Fsp3) is 1.00. The number of hydrogen-bond donors (Lipinski definition) is 1. The van der Waals surface area contributed by atoms with Gasteiger partial charge in [-0.05, 0) is 6.92 Å². The van der Waals surface area contributed by atoms with Crippen molar-refractivity contribution in [1.82, 2.24) is 0 Å². The van der Waals surface area contributed by atoms with Gasteiger partial charge in [-0.15, -0.1) is 0 Å². The van der Waals surface area contributed by atoms with Crippen LogP contribution in [0.25, 0.3) is 0 Å². The molecule has 0 radical (unpaired) electrons. The first-order valence-corrected chi connectivity index (χ1v) is 2.44. The van der Waals surface area contributed by atoms with Crippen LogP contribution in [0.15, 0.2) is 0 Å². The summed E-state index contributed by atoms with van der Waals surface area (Å²) in [5.74, 6) is 0. The third-order valence-corrected chi connectivity index (χ3v) is 0. The average molecular weight is 88.0 g/mol. The van der Waals surface area contributed by atoms with Crippen LogP contribution in [0.2, 0.25) is 13.6 Å². The molecule has 1 N–H and O–H groups in total. The molecule has 0 saturated carbocycles. The minimum atomic E-state index is 0.250. The van der Waals surface area contributed by atoms with Gasteiger partial charge in [0.1, 0.15) is 7.28 Å². The molecule has 0 aliphatic rings. The van der Waals surface area contributed by atoms with E-state index in [1.54, 1.807) is 6.92 Å². The highest BCUT2D eigenvalue weighted by atomic mass is 16.2. The second-order valence-corrected chi connectivity index (χ2v) is 1.02. The molecule has 1 nitrogen and oxygen atoms in total. The summed E-state index contributed by atoms with van der Waals surface area (Å²) >= 11 is 0. The average Bonchev–Trinajstić information content (AvgIpc) is 1.39. The van der Waals surface area contributed by atoms with Gasteiger partial charge in [0, 0.05) is 6.61 Å². The summed E-state index contributed by atoms with van der Waals surface area (Å²) in [6.07, 6.45) is 0. The monoisotopic (exact) mass is 88.1 g/mol. The lowest BCUT2D eigenvalue weighted by atomic mass is 9.88. The first-order valence-electron chi connectivity index (χ1n) is 2.44. The molecular weight excluding hydrogens is 74.9 g/mol. The summed E-state index contributed by atoms with van der Waals surface area (Å²) in [5.41, 5.74) is 0. The Morgan fingerprint density at radius 1 is 1.50 bits per heavy atom. The van der Waals surface area contributed by atoms with Crippen molar-refractivity contribution in [3.63, 3.8) is 0 Å². The first-order chi connectivity index (χ1) is 2.83. The van der Waals surface area contributed by atoms with E-state index in [4.69, 9.17) is 5.11 Å². The van der Waals surface area contributed by atoms with E-state index in [0.717, 1.165) is 0 Å². The lowest BCUT2D eigenvalue weighted by Gasteiger charge is -1.52. The number of rotatable bonds is 0. The zero-order valence-corrected chi connectivity index (χ0v) is 4.86. The van der Waals surface area contributed by atoms with Crippen LogP contribution in [0.1, 0.15) is 6.92 Å². The Morgan fingerprint density at radius 3 is 1.50 bits per heavy atom. The summed E-state index contributed by atoms with van der Waals surface area (Å²) in [7, 11) is 1.25. The summed E-state index contributed by atoms with van der Waals surface area (Å²) in [6.45, 7) is 6.18. The Kier molecular flexibility index (Phi) is 31.1. The second kappa shape index (κ2) is 19.9. The van der Waals surface area contributed by atoms with Gasteiger partial charge in [-0.2, -0.15) is 0 Å². The predicted molar refractivity (Wildman–Crippen MR) is 31.6 cm³/mol. The number of aliphatic hydroxyl groups is 1. The third kappa shape index (κ3) is 59200. The fourth-order valence-corrected chi connectivity index (χ4v) is 0. The first kappa shape index (κ1) is 9.39. The summed E-state index contributed by atoms with van der Waals surface area (Å²) < 4.78 is 0. The Morgan fingerprint density at radius 2 is 1.50 bits per heavy atom. The molecule has 0 spiro atoms. The van der Waals surface area contributed by atoms with Gasteiger partial charge < -0.3 is 5.11 Å². The topological polar surface area (TPSA) is 20.2 Å². The summed E-state index contributed by atoms with van der Waals surface area (Å²) in [6, 6.07) is 0. The summed E-state index contributed by atoms with van der Waals surface area (Å²) in [4.78, 5) is 0. The molecule has 2 heteroatoms. The van der Waals surface area contributed by atoms with Crippen LogP contribution in [0.3, 0.4) is 0 Å². The Balaban J connectivity index is 0. The molecule has 0 aliphatic carbocycles. The van der Waals surface area contributed by atoms with Gasteiger partial charge in [0.2, 0.25) is 0 Å². The van der Waals surface area contributed by atoms with Gasteiger partial charge in [0.25, 0.3) is 0 Å². The molecule has 6 heavy (non-hydrogen) atoms. The maximum Gasteiger partial charge on any atom is 0.114 e. The van der Waals surface area contributed by atoms with E-state index in [2.05, 4.69) is 13.6 Å². The Hall–Kier alpha value is 0.0249. The molecule has 0 aromatic carbocycles. The minimum Gasteiger partial charge on any atom is -0.397 e. The van der Waals surface area contributed by atoms with Crippen LogP contribution < -0.4 is 0 Å². The molecular formula is C4H13BO. The van der Waals surface area contributed by atoms with Crippen LogP contribution >= 0.6 is 0 Å². The van der Waals surface area contributed by atoms with Crippen molar-refractivity contribution in [3.8, 4) is 0 Å². The van der Waals surface area contributed by atoms with E-state index in [0.29, 0.717) is 0 Å². The van der Waals surface area contributed by atoms with Crippen LogP contribution in [0.4, 0.5) is 0 Å². The van der Waals surface area contributed by atoms with Crippen molar-refractivity contribution in [2.24, 2.45) is 0 Å². The highest BCUT2D eigenvalue weighted by Gasteiger charge is 1.43. The normalized spacial score (nSPS) is 5.33. The van der Waals surface area contributed by atoms with Crippen LogP contribution in [-0.2, 0) is 0 Å². The van der Waals surface area contributed by atoms with Gasteiger partial charge >= 0.3 is 0 Å². The molecule has 0 aromatic rings. The van der Waals surface area contributed by atoms with E-state index in [1.807, 2.05) is 0 Å². The highest BCUT2D eigenvalue weighted by molar-refractivity contribution is 6.31. The van der Waals surface area contributed by atoms with Crippen molar-refractivity contribution in [2.75, 3.05) is 6.61 Å². The minimum absolute atomic E-state index is 0.250. The van der Waals surface area contributed by atoms with E-state index in [-0.39, 0.29) is 6.61 Å². The van der Waals surface area contributed by atoms with Crippen molar-refractivity contribution in [3.05, 3.63) is 0 Å². The van der Waals surface area contributed by atoms with Crippen LogP contribution in [-0.4, -0.2) is 19.0 Å². The van der Waals surface area contributed by atoms with E-state index in [1.165, 1.54) is 7.28 Å². The Bertz CT molecular complexity index is 9.51. The van der Waals surface area contributed by atoms with Gasteiger partial charge in [-0.25, -0.2) is 0 Å². The van der Waals surface area contributed by atoms with E-state index in [9.17, 15) is 0 Å². The quantitative estimate of drug-likeness (QED) is 0.428. The molecule has 0 amide bonds. The molecule has 0 bridgehead atoms. The molecule has 0 saturated heterocycles. The van der Waals surface area contributed by atoms with E-state index < -0.39 is 0 Å². The number of hydrogen-bond acceptors (Lipinski definition) is 1. The van der Waals surface area contributed by atoms with Crippen molar-refractivity contribution in [1.29, 1.82) is 0 Å². The zero-order chi connectivity index (χ0) is 5.41. The molecule has 0 aromatic heterocycles. The van der Waals surface area contributed by atoms with Crippen LogP contribution in [0, 0.1) is 0 Å². The molecule has 0 aliphatic heterocycles. The van der Waals surface area contributed by atoms with Gasteiger partial charge in [0.05, 0.1) is 0 Å². The van der Waals surface area contributed by atoms with Gasteiger partial charge in [-0.3, -0.25) is 0 Å². The zero-order valence-electron chi connectivity index (χ0n) is 4.86. The Labute approximate surface area is 40.6 Å². The fourth-order valence-electron chi connectivity index (χ4n) is 0. The SMILES string of the molecule is CBC.CCO. The summed E-state index contributed by atoms with van der Waals surface area (Å²) in [5, 5.41) is 7.57. The van der Waals surface area contributed by atoms with Crippen molar-refractivity contribution < 1.29 is 5.11 Å². The predicted octanol–water partition coefficient (Wildman–Crippen LogP) is 0.518. The molecule has 0 fully saturated rings. The number of aliphatic hydroxyl groups excluding tert-OH is 1. The highest BCUT2D eigenvalue weighted by Crippen LogP contribution is 1.36. The molecule has 0 unspecified atom stereocenters. The molecule has 0 rings (SSSR count). The van der Waals surface area contributed by atoms with Crippen LogP contribution in [0.5, 0.6) is 0 Å².